The number of anilines is 1. The molecule has 1 aliphatic heterocycles. The number of halogens is 1. The van der Waals surface area contributed by atoms with Crippen LogP contribution in [0.15, 0.2) is 48.5 Å². The fourth-order valence-corrected chi connectivity index (χ4v) is 3.58. The van der Waals surface area contributed by atoms with Gasteiger partial charge in [0.25, 0.3) is 11.8 Å². The van der Waals surface area contributed by atoms with E-state index in [-0.39, 0.29) is 23.2 Å². The molecule has 0 atom stereocenters. The van der Waals surface area contributed by atoms with E-state index < -0.39 is 11.7 Å². The second kappa shape index (κ2) is 9.63. The number of ether oxygens (including phenoxy) is 2. The average Bonchev–Trinajstić information content (AvgIpc) is 3.29. The number of benzene rings is 2. The van der Waals surface area contributed by atoms with Gasteiger partial charge in [-0.15, -0.1) is 10.2 Å². The van der Waals surface area contributed by atoms with Crippen LogP contribution < -0.4 is 10.1 Å². The van der Waals surface area contributed by atoms with Gasteiger partial charge in [-0.3, -0.25) is 9.59 Å². The summed E-state index contributed by atoms with van der Waals surface area (Å²) in [5.41, 5.74) is 0.657. The van der Waals surface area contributed by atoms with Crippen LogP contribution in [0.5, 0.6) is 5.75 Å². The smallest absolute Gasteiger partial charge is 0.286 e. The predicted molar refractivity (Wildman–Crippen MR) is 112 cm³/mol. The summed E-state index contributed by atoms with van der Waals surface area (Å²) in [6, 6.07) is 12.7. The summed E-state index contributed by atoms with van der Waals surface area (Å²) in [4.78, 5) is 26.5. The molecule has 1 aromatic heterocycles. The predicted octanol–water partition coefficient (Wildman–Crippen LogP) is 2.98. The fourth-order valence-electron chi connectivity index (χ4n) is 2.93. The number of aromatic nitrogens is 2. The number of morpholine rings is 1. The number of hydrogen-bond donors (Lipinski definition) is 1. The molecule has 2 heterocycles. The van der Waals surface area contributed by atoms with Gasteiger partial charge in [-0.25, -0.2) is 4.39 Å². The largest absolute Gasteiger partial charge is 0.486 e. The summed E-state index contributed by atoms with van der Waals surface area (Å²) < 4.78 is 24.6. The molecule has 0 unspecified atom stereocenters. The first-order valence-corrected chi connectivity index (χ1v) is 10.4. The first-order valence-electron chi connectivity index (χ1n) is 9.58. The van der Waals surface area contributed by atoms with E-state index in [1.807, 2.05) is 0 Å². The van der Waals surface area contributed by atoms with Gasteiger partial charge >= 0.3 is 0 Å². The second-order valence-electron chi connectivity index (χ2n) is 6.65. The number of para-hydroxylation sites is 1. The van der Waals surface area contributed by atoms with Crippen LogP contribution in [0.2, 0.25) is 0 Å². The van der Waals surface area contributed by atoms with Gasteiger partial charge in [-0.2, -0.15) is 0 Å². The number of rotatable bonds is 6. The van der Waals surface area contributed by atoms with E-state index in [4.69, 9.17) is 9.47 Å². The van der Waals surface area contributed by atoms with E-state index in [2.05, 4.69) is 15.5 Å². The van der Waals surface area contributed by atoms with Gasteiger partial charge < -0.3 is 19.7 Å². The summed E-state index contributed by atoms with van der Waals surface area (Å²) >= 11 is 1.06. The summed E-state index contributed by atoms with van der Waals surface area (Å²) in [6.45, 7) is 2.38. The molecule has 1 fully saturated rings. The third-order valence-electron chi connectivity index (χ3n) is 4.55. The van der Waals surface area contributed by atoms with Crippen molar-refractivity contribution in [3.8, 4) is 5.75 Å². The van der Waals surface area contributed by atoms with Gasteiger partial charge in [-0.1, -0.05) is 23.5 Å². The summed E-state index contributed by atoms with van der Waals surface area (Å²) in [5.74, 6) is -0.546. The molecule has 31 heavy (non-hydrogen) atoms. The van der Waals surface area contributed by atoms with E-state index in [9.17, 15) is 14.0 Å². The number of amides is 2. The Morgan fingerprint density at radius 1 is 1.10 bits per heavy atom. The SMILES string of the molecule is O=C(Nc1ccccc1F)c1nnc(COc2ccc(C(=O)N3CCOCC3)cc2)s1. The number of hydrogen-bond acceptors (Lipinski definition) is 7. The Hall–Kier alpha value is -3.37. The molecule has 0 bridgehead atoms. The molecule has 8 nitrogen and oxygen atoms in total. The molecule has 2 amide bonds. The second-order valence-corrected chi connectivity index (χ2v) is 7.71. The zero-order valence-electron chi connectivity index (χ0n) is 16.4. The molecule has 2 aromatic carbocycles. The molecule has 0 radical (unpaired) electrons. The number of carbonyl (C=O) groups excluding carboxylic acids is 2. The van der Waals surface area contributed by atoms with Crippen molar-refractivity contribution >= 4 is 28.8 Å². The molecular formula is C21H19FN4O4S. The van der Waals surface area contributed by atoms with Crippen LogP contribution in [0.25, 0.3) is 0 Å². The molecule has 3 aromatic rings. The van der Waals surface area contributed by atoms with Crippen molar-refractivity contribution in [2.45, 2.75) is 6.61 Å². The zero-order chi connectivity index (χ0) is 21.6. The zero-order valence-corrected chi connectivity index (χ0v) is 17.2. The maximum atomic E-state index is 13.7. The Kier molecular flexibility index (Phi) is 6.48. The van der Waals surface area contributed by atoms with Crippen LogP contribution in [0, 0.1) is 5.82 Å². The van der Waals surface area contributed by atoms with E-state index >= 15 is 0 Å². The summed E-state index contributed by atoms with van der Waals surface area (Å²) in [5, 5.41) is 10.8. The standard InChI is InChI=1S/C21H19FN4O4S/c22-16-3-1-2-4-17(16)23-19(27)20-25-24-18(31-20)13-30-15-7-5-14(6-8-15)21(28)26-9-11-29-12-10-26/h1-8H,9-13H2,(H,23,27). The molecule has 1 aliphatic rings. The van der Waals surface area contributed by atoms with Crippen LogP contribution in [0.1, 0.15) is 25.2 Å². The first-order chi connectivity index (χ1) is 15.1. The van der Waals surface area contributed by atoms with Crippen LogP contribution in [0.3, 0.4) is 0 Å². The van der Waals surface area contributed by atoms with Crippen molar-refractivity contribution in [1.29, 1.82) is 0 Å². The molecule has 160 valence electrons. The molecule has 0 saturated carbocycles. The quantitative estimate of drug-likeness (QED) is 0.631. The number of nitrogens with zero attached hydrogens (tertiary/aromatic N) is 3. The van der Waals surface area contributed by atoms with E-state index in [1.54, 1.807) is 35.2 Å². The van der Waals surface area contributed by atoms with Crippen LogP contribution in [0.4, 0.5) is 10.1 Å². The Morgan fingerprint density at radius 2 is 1.84 bits per heavy atom. The third-order valence-corrected chi connectivity index (χ3v) is 5.44. The van der Waals surface area contributed by atoms with Crippen molar-refractivity contribution in [2.24, 2.45) is 0 Å². The first kappa shape index (κ1) is 20.9. The van der Waals surface area contributed by atoms with Crippen molar-refractivity contribution < 1.29 is 23.5 Å². The minimum Gasteiger partial charge on any atom is -0.486 e. The molecule has 4 rings (SSSR count). The normalized spacial score (nSPS) is 13.6. The lowest BCUT2D eigenvalue weighted by Gasteiger charge is -2.26. The van der Waals surface area contributed by atoms with Crippen LogP contribution >= 0.6 is 11.3 Å². The molecule has 1 N–H and O–H groups in total. The van der Waals surface area contributed by atoms with Crippen molar-refractivity contribution in [3.63, 3.8) is 0 Å². The maximum absolute atomic E-state index is 13.7. The van der Waals surface area contributed by atoms with Crippen LogP contribution in [-0.2, 0) is 11.3 Å². The topological polar surface area (TPSA) is 93.7 Å². The highest BCUT2D eigenvalue weighted by molar-refractivity contribution is 7.13. The Labute approximate surface area is 181 Å². The van der Waals surface area contributed by atoms with Gasteiger partial charge in [0, 0.05) is 18.7 Å². The van der Waals surface area contributed by atoms with E-state index in [0.29, 0.717) is 42.6 Å². The van der Waals surface area contributed by atoms with Gasteiger partial charge in [0.15, 0.2) is 5.01 Å². The minimum atomic E-state index is -0.542. The van der Waals surface area contributed by atoms with Crippen molar-refractivity contribution in [2.75, 3.05) is 31.6 Å². The highest BCUT2D eigenvalue weighted by Gasteiger charge is 2.18. The number of nitrogens with one attached hydrogen (secondary N) is 1. The molecular weight excluding hydrogens is 423 g/mol. The Balaban J connectivity index is 1.31. The summed E-state index contributed by atoms with van der Waals surface area (Å²) in [7, 11) is 0. The number of carbonyl (C=O) groups is 2. The van der Waals surface area contributed by atoms with Gasteiger partial charge in [0.05, 0.1) is 18.9 Å². The molecule has 10 heteroatoms. The van der Waals surface area contributed by atoms with Crippen molar-refractivity contribution in [3.05, 3.63) is 69.9 Å². The maximum Gasteiger partial charge on any atom is 0.286 e. The lowest BCUT2D eigenvalue weighted by atomic mass is 10.2. The highest BCUT2D eigenvalue weighted by Crippen LogP contribution is 2.19. The van der Waals surface area contributed by atoms with Gasteiger partial charge in [0.1, 0.15) is 18.2 Å². The Bertz CT molecular complexity index is 1070. The van der Waals surface area contributed by atoms with Crippen LogP contribution in [-0.4, -0.2) is 53.2 Å². The van der Waals surface area contributed by atoms with Crippen molar-refractivity contribution in [1.82, 2.24) is 15.1 Å². The Morgan fingerprint density at radius 3 is 2.58 bits per heavy atom. The lowest BCUT2D eigenvalue weighted by Crippen LogP contribution is -2.40. The summed E-state index contributed by atoms with van der Waals surface area (Å²) in [6.07, 6.45) is 0. The molecule has 0 spiro atoms. The van der Waals surface area contributed by atoms with E-state index in [1.165, 1.54) is 18.2 Å². The lowest BCUT2D eigenvalue weighted by molar-refractivity contribution is 0.0303. The highest BCUT2D eigenvalue weighted by atomic mass is 32.1. The molecule has 0 aliphatic carbocycles. The van der Waals surface area contributed by atoms with E-state index in [0.717, 1.165) is 11.3 Å². The minimum absolute atomic E-state index is 0.0375. The third kappa shape index (κ3) is 5.22. The van der Waals surface area contributed by atoms with Gasteiger partial charge in [-0.05, 0) is 36.4 Å². The average molecular weight is 442 g/mol. The molecule has 1 saturated heterocycles. The fraction of sp³-hybridized carbons (Fsp3) is 0.238. The van der Waals surface area contributed by atoms with Gasteiger partial charge in [0.2, 0.25) is 5.01 Å². The monoisotopic (exact) mass is 442 g/mol.